The molecule has 0 heterocycles. The lowest BCUT2D eigenvalue weighted by Crippen LogP contribution is -2.22. The van der Waals surface area contributed by atoms with Crippen LogP contribution in [0.2, 0.25) is 0 Å². The number of carbonyl (C=O) groups is 1. The van der Waals surface area contributed by atoms with Gasteiger partial charge in [0, 0.05) is 32.7 Å². The minimum Gasteiger partial charge on any atom is -0.381 e. The van der Waals surface area contributed by atoms with Crippen LogP contribution in [0.3, 0.4) is 0 Å². The standard InChI is InChI=1S/C17H19FN2O/c1-13(21)20(2)12-15-6-4-8-17(10-15)19-11-14-5-3-7-16(18)9-14/h3-10,19H,11-12H2,1-2H3. The average molecular weight is 286 g/mol. The quantitative estimate of drug-likeness (QED) is 0.913. The van der Waals surface area contributed by atoms with Crippen molar-refractivity contribution >= 4 is 11.6 Å². The van der Waals surface area contributed by atoms with E-state index in [1.807, 2.05) is 30.3 Å². The summed E-state index contributed by atoms with van der Waals surface area (Å²) in [5.41, 5.74) is 2.90. The van der Waals surface area contributed by atoms with Crippen LogP contribution in [-0.4, -0.2) is 17.9 Å². The first-order chi connectivity index (χ1) is 10.0. The molecule has 1 amide bonds. The topological polar surface area (TPSA) is 32.3 Å². The van der Waals surface area contributed by atoms with Crippen molar-refractivity contribution in [1.82, 2.24) is 4.90 Å². The van der Waals surface area contributed by atoms with E-state index >= 15 is 0 Å². The fourth-order valence-corrected chi connectivity index (χ4v) is 2.02. The van der Waals surface area contributed by atoms with Crippen LogP contribution in [-0.2, 0) is 17.9 Å². The second-order valence-corrected chi connectivity index (χ2v) is 5.06. The van der Waals surface area contributed by atoms with E-state index in [-0.39, 0.29) is 11.7 Å². The molecule has 2 rings (SSSR count). The Morgan fingerprint density at radius 3 is 2.57 bits per heavy atom. The summed E-state index contributed by atoms with van der Waals surface area (Å²) in [7, 11) is 1.77. The maximum Gasteiger partial charge on any atom is 0.219 e. The van der Waals surface area contributed by atoms with Gasteiger partial charge >= 0.3 is 0 Å². The molecule has 0 saturated heterocycles. The normalized spacial score (nSPS) is 10.2. The van der Waals surface area contributed by atoms with Gasteiger partial charge in [0.05, 0.1) is 0 Å². The Hall–Kier alpha value is -2.36. The van der Waals surface area contributed by atoms with Crippen molar-refractivity contribution in [2.45, 2.75) is 20.0 Å². The molecular weight excluding hydrogens is 267 g/mol. The van der Waals surface area contributed by atoms with Crippen molar-refractivity contribution in [1.29, 1.82) is 0 Å². The number of hydrogen-bond acceptors (Lipinski definition) is 2. The van der Waals surface area contributed by atoms with Gasteiger partial charge in [0.2, 0.25) is 5.91 Å². The van der Waals surface area contributed by atoms with Gasteiger partial charge in [-0.3, -0.25) is 4.79 Å². The maximum absolute atomic E-state index is 13.1. The monoisotopic (exact) mass is 286 g/mol. The summed E-state index contributed by atoms with van der Waals surface area (Å²) in [6, 6.07) is 14.4. The molecule has 0 aliphatic heterocycles. The van der Waals surface area contributed by atoms with E-state index in [4.69, 9.17) is 0 Å². The molecular formula is C17H19FN2O. The van der Waals surface area contributed by atoms with Crippen LogP contribution in [0, 0.1) is 5.82 Å². The molecule has 2 aromatic rings. The molecule has 0 aromatic heterocycles. The van der Waals surface area contributed by atoms with Crippen LogP contribution in [0.5, 0.6) is 0 Å². The highest BCUT2D eigenvalue weighted by Gasteiger charge is 2.04. The van der Waals surface area contributed by atoms with Crippen molar-refractivity contribution in [2.75, 3.05) is 12.4 Å². The van der Waals surface area contributed by atoms with E-state index in [2.05, 4.69) is 5.32 Å². The number of nitrogens with one attached hydrogen (secondary N) is 1. The Morgan fingerprint density at radius 1 is 1.14 bits per heavy atom. The number of carbonyl (C=O) groups excluding carboxylic acids is 1. The Balaban J connectivity index is 1.99. The second-order valence-electron chi connectivity index (χ2n) is 5.06. The SMILES string of the molecule is CC(=O)N(C)Cc1cccc(NCc2cccc(F)c2)c1. The van der Waals surface area contributed by atoms with Crippen LogP contribution in [0.4, 0.5) is 10.1 Å². The van der Waals surface area contributed by atoms with Gasteiger partial charge in [-0.1, -0.05) is 24.3 Å². The number of benzene rings is 2. The summed E-state index contributed by atoms with van der Waals surface area (Å²) in [5, 5.41) is 3.26. The van der Waals surface area contributed by atoms with E-state index < -0.39 is 0 Å². The molecule has 0 saturated carbocycles. The lowest BCUT2D eigenvalue weighted by atomic mass is 10.1. The third-order valence-electron chi connectivity index (χ3n) is 3.27. The van der Waals surface area contributed by atoms with Crippen molar-refractivity contribution in [2.24, 2.45) is 0 Å². The average Bonchev–Trinajstić information content (AvgIpc) is 2.45. The first-order valence-corrected chi connectivity index (χ1v) is 6.83. The number of nitrogens with zero attached hydrogens (tertiary/aromatic N) is 1. The molecule has 0 unspecified atom stereocenters. The predicted molar refractivity (Wildman–Crippen MR) is 82.3 cm³/mol. The highest BCUT2D eigenvalue weighted by molar-refractivity contribution is 5.72. The Morgan fingerprint density at radius 2 is 1.86 bits per heavy atom. The van der Waals surface area contributed by atoms with Crippen LogP contribution in [0.15, 0.2) is 48.5 Å². The summed E-state index contributed by atoms with van der Waals surface area (Å²) >= 11 is 0. The zero-order valence-electron chi connectivity index (χ0n) is 12.3. The van der Waals surface area contributed by atoms with Crippen LogP contribution in [0.1, 0.15) is 18.1 Å². The van der Waals surface area contributed by atoms with Crippen molar-refractivity contribution in [3.8, 4) is 0 Å². The fourth-order valence-electron chi connectivity index (χ4n) is 2.02. The molecule has 4 heteroatoms. The van der Waals surface area contributed by atoms with E-state index in [1.54, 1.807) is 24.9 Å². The van der Waals surface area contributed by atoms with Crippen molar-refractivity contribution < 1.29 is 9.18 Å². The molecule has 3 nitrogen and oxygen atoms in total. The number of amides is 1. The lowest BCUT2D eigenvalue weighted by molar-refractivity contribution is -0.128. The van der Waals surface area contributed by atoms with Gasteiger partial charge in [-0.15, -0.1) is 0 Å². The van der Waals surface area contributed by atoms with Gasteiger partial charge in [0.15, 0.2) is 0 Å². The molecule has 0 spiro atoms. The summed E-state index contributed by atoms with van der Waals surface area (Å²) in [6.45, 7) is 2.68. The molecule has 110 valence electrons. The van der Waals surface area contributed by atoms with Gasteiger partial charge in [-0.25, -0.2) is 4.39 Å². The molecule has 1 N–H and O–H groups in total. The molecule has 0 fully saturated rings. The largest absolute Gasteiger partial charge is 0.381 e. The first kappa shape index (κ1) is 15.0. The van der Waals surface area contributed by atoms with E-state index in [1.165, 1.54) is 12.1 Å². The smallest absolute Gasteiger partial charge is 0.219 e. The molecule has 0 atom stereocenters. The van der Waals surface area contributed by atoms with E-state index in [0.717, 1.165) is 16.8 Å². The summed E-state index contributed by atoms with van der Waals surface area (Å²) in [4.78, 5) is 12.9. The van der Waals surface area contributed by atoms with E-state index in [9.17, 15) is 9.18 Å². The van der Waals surface area contributed by atoms with Crippen molar-refractivity contribution in [3.63, 3.8) is 0 Å². The van der Waals surface area contributed by atoms with Crippen LogP contribution >= 0.6 is 0 Å². The number of halogens is 1. The van der Waals surface area contributed by atoms with Crippen LogP contribution < -0.4 is 5.32 Å². The predicted octanol–water partition coefficient (Wildman–Crippen LogP) is 3.42. The highest BCUT2D eigenvalue weighted by atomic mass is 19.1. The maximum atomic E-state index is 13.1. The lowest BCUT2D eigenvalue weighted by Gasteiger charge is -2.15. The van der Waals surface area contributed by atoms with Gasteiger partial charge in [-0.2, -0.15) is 0 Å². The highest BCUT2D eigenvalue weighted by Crippen LogP contribution is 2.14. The number of anilines is 1. The second kappa shape index (κ2) is 6.88. The molecule has 0 aliphatic rings. The minimum atomic E-state index is -0.230. The van der Waals surface area contributed by atoms with Crippen molar-refractivity contribution in [3.05, 3.63) is 65.5 Å². The minimum absolute atomic E-state index is 0.0353. The Labute approximate surface area is 124 Å². The van der Waals surface area contributed by atoms with Gasteiger partial charge in [0.1, 0.15) is 5.82 Å². The number of rotatable bonds is 5. The van der Waals surface area contributed by atoms with E-state index in [0.29, 0.717) is 13.1 Å². The third-order valence-corrected chi connectivity index (χ3v) is 3.27. The molecule has 0 bridgehead atoms. The third kappa shape index (κ3) is 4.60. The summed E-state index contributed by atoms with van der Waals surface area (Å²) in [6.07, 6.45) is 0. The molecule has 21 heavy (non-hydrogen) atoms. The molecule has 2 aromatic carbocycles. The first-order valence-electron chi connectivity index (χ1n) is 6.83. The molecule has 0 radical (unpaired) electrons. The zero-order valence-corrected chi connectivity index (χ0v) is 12.3. The van der Waals surface area contributed by atoms with Gasteiger partial charge < -0.3 is 10.2 Å². The van der Waals surface area contributed by atoms with Gasteiger partial charge in [-0.05, 0) is 35.4 Å². The fraction of sp³-hybridized carbons (Fsp3) is 0.235. The Kier molecular flexibility index (Phi) is 4.93. The zero-order chi connectivity index (χ0) is 15.2. The van der Waals surface area contributed by atoms with Gasteiger partial charge in [0.25, 0.3) is 0 Å². The number of hydrogen-bond donors (Lipinski definition) is 1. The van der Waals surface area contributed by atoms with Crippen LogP contribution in [0.25, 0.3) is 0 Å². The summed E-state index contributed by atoms with van der Waals surface area (Å²) in [5.74, 6) is -0.195. The Bertz CT molecular complexity index is 628. The summed E-state index contributed by atoms with van der Waals surface area (Å²) < 4.78 is 13.1. The molecule has 0 aliphatic carbocycles.